The van der Waals surface area contributed by atoms with Crippen molar-refractivity contribution in [1.29, 1.82) is 0 Å². The molecule has 0 heterocycles. The molecule has 0 aromatic rings. The van der Waals surface area contributed by atoms with Crippen LogP contribution in [0.4, 0.5) is 0 Å². The van der Waals surface area contributed by atoms with E-state index in [0.717, 1.165) is 12.8 Å². The average Bonchev–Trinajstić information content (AvgIpc) is 2.34. The number of rotatable bonds is 9. The van der Waals surface area contributed by atoms with Gasteiger partial charge in [-0.1, -0.05) is 6.58 Å². The Morgan fingerprint density at radius 2 is 1.61 bits per heavy atom. The zero-order chi connectivity index (χ0) is 13.3. The molecule has 0 aliphatic carbocycles. The second kappa shape index (κ2) is 10.6. The van der Waals surface area contributed by atoms with Gasteiger partial charge >= 0.3 is 14.8 Å². The molecule has 0 saturated carbocycles. The Morgan fingerprint density at radius 1 is 1.11 bits per heavy atom. The fraction of sp³-hybridized carbons (Fsp3) is 0.727. The molecule has 0 aromatic heterocycles. The van der Waals surface area contributed by atoms with Crippen molar-refractivity contribution in [3.8, 4) is 0 Å². The number of carbonyl (C=O) groups is 1. The highest BCUT2D eigenvalue weighted by atomic mass is 32.1. The minimum absolute atomic E-state index is 0. The van der Waals surface area contributed by atoms with E-state index in [1.807, 2.05) is 0 Å². The van der Waals surface area contributed by atoms with Crippen LogP contribution in [0.25, 0.3) is 0 Å². The number of carbonyl (C=O) groups excluding carboxylic acids is 1. The standard InChI is InChI=1S/C11H22O5Si.H2S/c1-10(2)11(12)16-8-6-7-9-17(13-3,14-4)15-5;/h1,6-9H2,2-5H3;1H2. The van der Waals surface area contributed by atoms with E-state index in [-0.39, 0.29) is 19.5 Å². The predicted octanol–water partition coefficient (Wildman–Crippen LogP) is 1.88. The molecular weight excluding hydrogens is 272 g/mol. The van der Waals surface area contributed by atoms with Crippen LogP contribution in [-0.4, -0.2) is 42.7 Å². The van der Waals surface area contributed by atoms with Crippen LogP contribution < -0.4 is 0 Å². The average molecular weight is 296 g/mol. The van der Waals surface area contributed by atoms with Gasteiger partial charge in [-0.25, -0.2) is 4.79 Å². The van der Waals surface area contributed by atoms with E-state index in [9.17, 15) is 4.79 Å². The molecule has 0 aliphatic rings. The SMILES string of the molecule is C=C(C)C(=O)OCCCC[Si](OC)(OC)OC.S. The van der Waals surface area contributed by atoms with Gasteiger partial charge in [-0.15, -0.1) is 0 Å². The summed E-state index contributed by atoms with van der Waals surface area (Å²) in [5.41, 5.74) is 0.416. The zero-order valence-electron chi connectivity index (χ0n) is 11.6. The van der Waals surface area contributed by atoms with Crippen LogP contribution in [0.3, 0.4) is 0 Å². The summed E-state index contributed by atoms with van der Waals surface area (Å²) < 4.78 is 20.8. The van der Waals surface area contributed by atoms with E-state index in [0.29, 0.717) is 18.2 Å². The van der Waals surface area contributed by atoms with Crippen molar-refractivity contribution in [3.05, 3.63) is 12.2 Å². The van der Waals surface area contributed by atoms with Crippen molar-refractivity contribution in [2.45, 2.75) is 25.8 Å². The molecule has 0 unspecified atom stereocenters. The summed E-state index contributed by atoms with van der Waals surface area (Å²) >= 11 is 0. The smallest absolute Gasteiger partial charge is 0.462 e. The Bertz CT molecular complexity index is 248. The Morgan fingerprint density at radius 3 is 2.00 bits per heavy atom. The van der Waals surface area contributed by atoms with Gasteiger partial charge in [0.1, 0.15) is 0 Å². The Kier molecular flexibility index (Phi) is 11.7. The van der Waals surface area contributed by atoms with E-state index in [1.165, 1.54) is 0 Å². The van der Waals surface area contributed by atoms with E-state index in [2.05, 4.69) is 6.58 Å². The van der Waals surface area contributed by atoms with Crippen molar-refractivity contribution >= 4 is 28.3 Å². The molecule has 0 atom stereocenters. The molecule has 0 fully saturated rings. The lowest BCUT2D eigenvalue weighted by atomic mass is 10.3. The Balaban J connectivity index is 0. The van der Waals surface area contributed by atoms with Crippen LogP contribution in [0.1, 0.15) is 19.8 Å². The molecular formula is C11H24O5SSi. The van der Waals surface area contributed by atoms with Gasteiger partial charge in [0.05, 0.1) is 6.61 Å². The third-order valence-corrected chi connectivity index (χ3v) is 5.22. The highest BCUT2D eigenvalue weighted by Gasteiger charge is 2.36. The fourth-order valence-corrected chi connectivity index (χ4v) is 3.08. The van der Waals surface area contributed by atoms with E-state index in [1.54, 1.807) is 28.3 Å². The van der Waals surface area contributed by atoms with Gasteiger partial charge < -0.3 is 18.0 Å². The largest absolute Gasteiger partial charge is 0.500 e. The summed E-state index contributed by atoms with van der Waals surface area (Å²) in [7, 11) is 2.28. The first-order chi connectivity index (χ1) is 8.01. The van der Waals surface area contributed by atoms with Crippen molar-refractivity contribution in [2.24, 2.45) is 0 Å². The molecule has 0 bridgehead atoms. The van der Waals surface area contributed by atoms with Gasteiger partial charge in [-0.05, 0) is 19.8 Å². The van der Waals surface area contributed by atoms with E-state index < -0.39 is 8.80 Å². The summed E-state index contributed by atoms with van der Waals surface area (Å²) in [5.74, 6) is -0.348. The molecule has 7 heteroatoms. The topological polar surface area (TPSA) is 54.0 Å². The van der Waals surface area contributed by atoms with Crippen molar-refractivity contribution in [3.63, 3.8) is 0 Å². The third-order valence-electron chi connectivity index (χ3n) is 2.39. The molecule has 5 nitrogen and oxygen atoms in total. The van der Waals surface area contributed by atoms with Crippen LogP contribution in [-0.2, 0) is 22.8 Å². The normalized spacial score (nSPS) is 10.7. The molecule has 0 amide bonds. The lowest BCUT2D eigenvalue weighted by Gasteiger charge is -2.24. The molecule has 0 rings (SSSR count). The van der Waals surface area contributed by atoms with Crippen LogP contribution in [0.2, 0.25) is 6.04 Å². The first kappa shape index (κ1) is 20.0. The maximum Gasteiger partial charge on any atom is 0.500 e. The molecule has 18 heavy (non-hydrogen) atoms. The molecule has 108 valence electrons. The quantitative estimate of drug-likeness (QED) is 0.281. The third kappa shape index (κ3) is 7.17. The van der Waals surface area contributed by atoms with Crippen LogP contribution in [0.5, 0.6) is 0 Å². The van der Waals surface area contributed by atoms with Gasteiger partial charge in [-0.2, -0.15) is 13.5 Å². The number of hydrogen-bond donors (Lipinski definition) is 0. The predicted molar refractivity (Wildman–Crippen MR) is 77.0 cm³/mol. The minimum atomic E-state index is -2.47. The second-order valence-corrected chi connectivity index (χ2v) is 6.76. The minimum Gasteiger partial charge on any atom is -0.462 e. The lowest BCUT2D eigenvalue weighted by molar-refractivity contribution is -0.139. The summed E-state index contributed by atoms with van der Waals surface area (Å²) in [6, 6.07) is 0.709. The summed E-state index contributed by atoms with van der Waals surface area (Å²) in [5, 5.41) is 0. The van der Waals surface area contributed by atoms with Gasteiger partial charge in [0.25, 0.3) is 0 Å². The van der Waals surface area contributed by atoms with Gasteiger partial charge in [-0.3, -0.25) is 0 Å². The summed E-state index contributed by atoms with van der Waals surface area (Å²) in [4.78, 5) is 11.1. The van der Waals surface area contributed by atoms with Crippen molar-refractivity contribution in [1.82, 2.24) is 0 Å². The Hall–Kier alpha value is -0.343. The number of ether oxygens (including phenoxy) is 1. The molecule has 0 radical (unpaired) electrons. The molecule has 0 aromatic carbocycles. The van der Waals surface area contributed by atoms with Crippen LogP contribution >= 0.6 is 13.5 Å². The fourth-order valence-electron chi connectivity index (χ4n) is 1.29. The van der Waals surface area contributed by atoms with E-state index >= 15 is 0 Å². The first-order valence-electron chi connectivity index (χ1n) is 5.49. The highest BCUT2D eigenvalue weighted by Crippen LogP contribution is 2.16. The Labute approximate surface area is 117 Å². The molecule has 0 spiro atoms. The maximum absolute atomic E-state index is 11.1. The van der Waals surface area contributed by atoms with Gasteiger partial charge in [0.15, 0.2) is 0 Å². The van der Waals surface area contributed by atoms with Crippen molar-refractivity contribution < 1.29 is 22.8 Å². The second-order valence-electron chi connectivity index (χ2n) is 3.67. The number of esters is 1. The van der Waals surface area contributed by atoms with E-state index in [4.69, 9.17) is 18.0 Å². The lowest BCUT2D eigenvalue weighted by Crippen LogP contribution is -2.42. The molecule has 0 N–H and O–H groups in total. The number of unbranched alkanes of at least 4 members (excludes halogenated alkanes) is 1. The zero-order valence-corrected chi connectivity index (χ0v) is 13.6. The highest BCUT2D eigenvalue weighted by molar-refractivity contribution is 7.59. The monoisotopic (exact) mass is 296 g/mol. The summed E-state index contributed by atoms with van der Waals surface area (Å²) in [6.07, 6.45) is 1.58. The molecule has 0 saturated heterocycles. The number of hydrogen-bond acceptors (Lipinski definition) is 5. The van der Waals surface area contributed by atoms with Crippen molar-refractivity contribution in [2.75, 3.05) is 27.9 Å². The van der Waals surface area contributed by atoms with Gasteiger partial charge in [0.2, 0.25) is 0 Å². The van der Waals surface area contributed by atoms with Gasteiger partial charge in [0, 0.05) is 32.9 Å². The van der Waals surface area contributed by atoms with Crippen LogP contribution in [0.15, 0.2) is 12.2 Å². The first-order valence-corrected chi connectivity index (χ1v) is 7.42. The summed E-state index contributed by atoms with van der Waals surface area (Å²) in [6.45, 7) is 5.51. The maximum atomic E-state index is 11.1. The van der Waals surface area contributed by atoms with Crippen LogP contribution in [0, 0.1) is 0 Å². The molecule has 0 aliphatic heterocycles.